The molecular weight excluding hydrogens is 256 g/mol. The van der Waals surface area contributed by atoms with E-state index in [0.717, 1.165) is 5.56 Å². The average molecular weight is 268 g/mol. The molecule has 20 heavy (non-hydrogen) atoms. The Morgan fingerprint density at radius 1 is 1.45 bits per heavy atom. The van der Waals surface area contributed by atoms with Crippen LogP contribution in [0, 0.1) is 18.3 Å². The Hall–Kier alpha value is -2.94. The third kappa shape index (κ3) is 3.09. The maximum atomic E-state index is 11.9. The number of anilines is 1. The average Bonchev–Trinajstić information content (AvgIpc) is 2.43. The maximum absolute atomic E-state index is 11.9. The summed E-state index contributed by atoms with van der Waals surface area (Å²) >= 11 is 0. The van der Waals surface area contributed by atoms with E-state index in [9.17, 15) is 9.59 Å². The largest absolute Gasteiger partial charge is 0.347 e. The molecule has 0 bridgehead atoms. The van der Waals surface area contributed by atoms with Gasteiger partial charge in [0.25, 0.3) is 0 Å². The Kier molecular flexibility index (Phi) is 3.91. The molecule has 1 N–H and O–H groups in total. The van der Waals surface area contributed by atoms with Crippen molar-refractivity contribution in [3.8, 4) is 6.07 Å². The van der Waals surface area contributed by atoms with Gasteiger partial charge in [0.15, 0.2) is 0 Å². The molecule has 0 spiro atoms. The number of aryl methyl sites for hydroxylation is 1. The van der Waals surface area contributed by atoms with Crippen LogP contribution < -0.4 is 11.0 Å². The molecule has 6 heteroatoms. The fraction of sp³-hybridized carbons (Fsp3) is 0.143. The molecule has 0 aliphatic carbocycles. The summed E-state index contributed by atoms with van der Waals surface area (Å²) in [5, 5.41) is 11.5. The minimum Gasteiger partial charge on any atom is -0.323 e. The van der Waals surface area contributed by atoms with Gasteiger partial charge in [-0.25, -0.2) is 9.78 Å². The Morgan fingerprint density at radius 2 is 2.20 bits per heavy atom. The first-order valence-electron chi connectivity index (χ1n) is 5.92. The van der Waals surface area contributed by atoms with Crippen molar-refractivity contribution in [2.45, 2.75) is 13.5 Å². The zero-order chi connectivity index (χ0) is 14.5. The van der Waals surface area contributed by atoms with E-state index in [4.69, 9.17) is 5.26 Å². The summed E-state index contributed by atoms with van der Waals surface area (Å²) in [6, 6.07) is 8.66. The highest BCUT2D eigenvalue weighted by molar-refractivity contribution is 5.91. The number of benzene rings is 1. The van der Waals surface area contributed by atoms with E-state index in [-0.39, 0.29) is 12.5 Å². The number of hydrogen-bond donors (Lipinski definition) is 1. The number of nitrogens with zero attached hydrogens (tertiary/aromatic N) is 3. The fourth-order valence-corrected chi connectivity index (χ4v) is 1.71. The summed E-state index contributed by atoms with van der Waals surface area (Å²) in [6.07, 6.45) is 3.01. The lowest BCUT2D eigenvalue weighted by molar-refractivity contribution is -0.116. The van der Waals surface area contributed by atoms with Crippen LogP contribution in [0.1, 0.15) is 11.1 Å². The quantitative estimate of drug-likeness (QED) is 0.901. The molecule has 0 saturated carbocycles. The van der Waals surface area contributed by atoms with E-state index in [1.54, 1.807) is 37.4 Å². The Morgan fingerprint density at radius 3 is 2.95 bits per heavy atom. The molecule has 6 nitrogen and oxygen atoms in total. The van der Waals surface area contributed by atoms with Gasteiger partial charge in [-0.3, -0.25) is 9.36 Å². The zero-order valence-corrected chi connectivity index (χ0v) is 10.8. The van der Waals surface area contributed by atoms with E-state index in [2.05, 4.69) is 10.3 Å². The number of carbonyl (C=O) groups excluding carboxylic acids is 1. The molecule has 0 atom stereocenters. The van der Waals surface area contributed by atoms with Crippen LogP contribution in [-0.4, -0.2) is 15.5 Å². The van der Waals surface area contributed by atoms with Crippen LogP contribution in [0.25, 0.3) is 0 Å². The number of para-hydroxylation sites is 1. The molecule has 100 valence electrons. The van der Waals surface area contributed by atoms with E-state index in [1.807, 2.05) is 6.07 Å². The third-order valence-corrected chi connectivity index (χ3v) is 2.62. The van der Waals surface area contributed by atoms with Crippen LogP contribution >= 0.6 is 0 Å². The summed E-state index contributed by atoms with van der Waals surface area (Å²) in [5.41, 5.74) is 1.10. The van der Waals surface area contributed by atoms with Crippen molar-refractivity contribution in [2.75, 3.05) is 5.32 Å². The second-order valence-electron chi connectivity index (χ2n) is 4.25. The molecule has 1 heterocycles. The van der Waals surface area contributed by atoms with Crippen LogP contribution in [-0.2, 0) is 11.3 Å². The smallest absolute Gasteiger partial charge is 0.323 e. The van der Waals surface area contributed by atoms with Gasteiger partial charge in [-0.2, -0.15) is 5.26 Å². The van der Waals surface area contributed by atoms with Gasteiger partial charge in [-0.1, -0.05) is 12.1 Å². The lowest BCUT2D eigenvalue weighted by Crippen LogP contribution is -2.29. The summed E-state index contributed by atoms with van der Waals surface area (Å²) in [6.45, 7) is 1.64. The predicted molar refractivity (Wildman–Crippen MR) is 73.0 cm³/mol. The SMILES string of the molecule is Cc1cnc(=O)n(CC(=O)Nc2ccccc2C#N)c1. The van der Waals surface area contributed by atoms with Crippen LogP contribution in [0.3, 0.4) is 0 Å². The van der Waals surface area contributed by atoms with Crippen molar-refractivity contribution in [2.24, 2.45) is 0 Å². The molecule has 0 radical (unpaired) electrons. The standard InChI is InChI=1S/C14H12N4O2/c1-10-7-16-14(20)18(8-10)9-13(19)17-12-5-3-2-4-11(12)6-15/h2-5,7-8H,9H2,1H3,(H,17,19). The summed E-state index contributed by atoms with van der Waals surface area (Å²) in [5.74, 6) is -0.387. The number of nitrogens with one attached hydrogen (secondary N) is 1. The van der Waals surface area contributed by atoms with Gasteiger partial charge in [0.05, 0.1) is 11.3 Å². The number of rotatable bonds is 3. The molecule has 0 unspecified atom stereocenters. The Balaban J connectivity index is 2.16. The second kappa shape index (κ2) is 5.80. The molecule has 2 rings (SSSR count). The molecule has 1 aromatic heterocycles. The molecule has 0 saturated heterocycles. The van der Waals surface area contributed by atoms with Crippen LogP contribution in [0.2, 0.25) is 0 Å². The van der Waals surface area contributed by atoms with Crippen molar-refractivity contribution < 1.29 is 4.79 Å². The molecule has 1 aromatic carbocycles. The highest BCUT2D eigenvalue weighted by atomic mass is 16.2. The van der Waals surface area contributed by atoms with Crippen LogP contribution in [0.15, 0.2) is 41.5 Å². The van der Waals surface area contributed by atoms with Gasteiger partial charge in [-0.05, 0) is 24.6 Å². The Bertz CT molecular complexity index is 743. The van der Waals surface area contributed by atoms with Gasteiger partial charge >= 0.3 is 5.69 Å². The molecule has 0 aliphatic heterocycles. The third-order valence-electron chi connectivity index (χ3n) is 2.62. The lowest BCUT2D eigenvalue weighted by Gasteiger charge is -2.08. The number of nitriles is 1. The molecule has 0 aliphatic rings. The second-order valence-corrected chi connectivity index (χ2v) is 4.25. The van der Waals surface area contributed by atoms with Crippen LogP contribution in [0.4, 0.5) is 5.69 Å². The number of amides is 1. The predicted octanol–water partition coefficient (Wildman–Crippen LogP) is 1.06. The molecule has 2 aromatic rings. The van der Waals surface area contributed by atoms with Gasteiger partial charge < -0.3 is 5.32 Å². The van der Waals surface area contributed by atoms with Crippen molar-refractivity contribution in [3.05, 3.63) is 58.3 Å². The van der Waals surface area contributed by atoms with Crippen molar-refractivity contribution >= 4 is 11.6 Å². The van der Waals surface area contributed by atoms with Gasteiger partial charge in [0.2, 0.25) is 5.91 Å². The molecule has 0 fully saturated rings. The number of aromatic nitrogens is 2. The normalized spacial score (nSPS) is 9.80. The molecular formula is C14H12N4O2. The molecule has 1 amide bonds. The first-order chi connectivity index (χ1) is 9.60. The minimum atomic E-state index is -0.487. The fourth-order valence-electron chi connectivity index (χ4n) is 1.71. The summed E-state index contributed by atoms with van der Waals surface area (Å²) < 4.78 is 1.22. The van der Waals surface area contributed by atoms with E-state index in [1.165, 1.54) is 10.8 Å². The summed E-state index contributed by atoms with van der Waals surface area (Å²) in [4.78, 5) is 27.1. The van der Waals surface area contributed by atoms with E-state index in [0.29, 0.717) is 11.3 Å². The highest BCUT2D eigenvalue weighted by Crippen LogP contribution is 2.13. The Labute approximate surface area is 115 Å². The first-order valence-corrected chi connectivity index (χ1v) is 5.92. The maximum Gasteiger partial charge on any atom is 0.347 e. The monoisotopic (exact) mass is 268 g/mol. The van der Waals surface area contributed by atoms with E-state index < -0.39 is 5.69 Å². The van der Waals surface area contributed by atoms with Crippen molar-refractivity contribution in [1.82, 2.24) is 9.55 Å². The van der Waals surface area contributed by atoms with Crippen molar-refractivity contribution in [1.29, 1.82) is 5.26 Å². The highest BCUT2D eigenvalue weighted by Gasteiger charge is 2.08. The van der Waals surface area contributed by atoms with Crippen LogP contribution in [0.5, 0.6) is 0 Å². The zero-order valence-electron chi connectivity index (χ0n) is 10.8. The number of hydrogen-bond acceptors (Lipinski definition) is 4. The summed E-state index contributed by atoms with van der Waals surface area (Å²) in [7, 11) is 0. The number of carbonyl (C=O) groups is 1. The van der Waals surface area contributed by atoms with Gasteiger partial charge in [0, 0.05) is 12.4 Å². The topological polar surface area (TPSA) is 87.8 Å². The first kappa shape index (κ1) is 13.5. The van der Waals surface area contributed by atoms with Crippen molar-refractivity contribution in [3.63, 3.8) is 0 Å². The van der Waals surface area contributed by atoms with Gasteiger partial charge in [0.1, 0.15) is 12.6 Å². The minimum absolute atomic E-state index is 0.146. The van der Waals surface area contributed by atoms with E-state index >= 15 is 0 Å². The lowest BCUT2D eigenvalue weighted by atomic mass is 10.2. The van der Waals surface area contributed by atoms with Gasteiger partial charge in [-0.15, -0.1) is 0 Å².